The Bertz CT molecular complexity index is 655. The Labute approximate surface area is 117 Å². The molecule has 0 bridgehead atoms. The van der Waals surface area contributed by atoms with Gasteiger partial charge in [0.15, 0.2) is 0 Å². The van der Waals surface area contributed by atoms with Gasteiger partial charge in [0.25, 0.3) is 5.56 Å². The summed E-state index contributed by atoms with van der Waals surface area (Å²) in [5.41, 5.74) is 0.470. The maximum atomic E-state index is 12.4. The first-order chi connectivity index (χ1) is 9.70. The molecule has 0 aliphatic rings. The molecule has 0 spiro atoms. The average Bonchev–Trinajstić information content (AvgIpc) is 2.73. The van der Waals surface area contributed by atoms with Gasteiger partial charge in [-0.15, -0.1) is 0 Å². The number of aromatic nitrogens is 2. The van der Waals surface area contributed by atoms with Crippen molar-refractivity contribution in [1.82, 2.24) is 9.36 Å². The molecule has 0 fully saturated rings. The maximum absolute atomic E-state index is 12.4. The Hall–Kier alpha value is -2.04. The van der Waals surface area contributed by atoms with E-state index in [1.165, 1.54) is 9.36 Å². The van der Waals surface area contributed by atoms with E-state index in [0.29, 0.717) is 17.4 Å². The molecule has 0 saturated heterocycles. The molecule has 108 valence electrons. The number of nitrogens with zero attached hydrogens (tertiary/aromatic N) is 2. The van der Waals surface area contributed by atoms with E-state index < -0.39 is 6.09 Å². The quantitative estimate of drug-likeness (QED) is 0.789. The van der Waals surface area contributed by atoms with E-state index in [1.54, 1.807) is 25.1 Å². The van der Waals surface area contributed by atoms with Crippen LogP contribution in [0.25, 0.3) is 10.9 Å². The van der Waals surface area contributed by atoms with Crippen LogP contribution in [0.3, 0.4) is 0 Å². The van der Waals surface area contributed by atoms with Gasteiger partial charge in [0.05, 0.1) is 17.5 Å². The van der Waals surface area contributed by atoms with Gasteiger partial charge in [-0.2, -0.15) is 4.68 Å². The van der Waals surface area contributed by atoms with E-state index in [-0.39, 0.29) is 12.2 Å². The van der Waals surface area contributed by atoms with Crippen LogP contribution in [0.5, 0.6) is 0 Å². The highest BCUT2D eigenvalue weighted by atomic mass is 16.6. The molecule has 1 heterocycles. The van der Waals surface area contributed by atoms with Crippen LogP contribution in [-0.4, -0.2) is 22.1 Å². The molecule has 20 heavy (non-hydrogen) atoms. The van der Waals surface area contributed by atoms with E-state index in [2.05, 4.69) is 6.92 Å². The second-order valence-corrected chi connectivity index (χ2v) is 4.66. The highest BCUT2D eigenvalue weighted by Gasteiger charge is 2.18. The molecule has 2 rings (SSSR count). The summed E-state index contributed by atoms with van der Waals surface area (Å²) in [4.78, 5) is 24.5. The summed E-state index contributed by atoms with van der Waals surface area (Å²) >= 11 is 0. The first-order valence-electron chi connectivity index (χ1n) is 7.08. The summed E-state index contributed by atoms with van der Waals surface area (Å²) in [6.45, 7) is 4.67. The molecule has 0 radical (unpaired) electrons. The molecule has 0 N–H and O–H groups in total. The zero-order valence-electron chi connectivity index (χ0n) is 12.0. The van der Waals surface area contributed by atoms with Crippen LogP contribution in [-0.2, 0) is 11.3 Å². The minimum atomic E-state index is -0.498. The van der Waals surface area contributed by atoms with Crippen molar-refractivity contribution in [3.05, 3.63) is 34.6 Å². The highest BCUT2D eigenvalue weighted by molar-refractivity contribution is 5.87. The summed E-state index contributed by atoms with van der Waals surface area (Å²) < 4.78 is 7.90. The number of fused-ring (bicyclic) bond motifs is 1. The number of para-hydroxylation sites is 1. The Morgan fingerprint density at radius 1 is 1.20 bits per heavy atom. The number of ether oxygens (including phenoxy) is 1. The van der Waals surface area contributed by atoms with Crippen molar-refractivity contribution in [2.75, 3.05) is 6.61 Å². The Morgan fingerprint density at radius 2 is 1.95 bits per heavy atom. The Balaban J connectivity index is 2.52. The second-order valence-electron chi connectivity index (χ2n) is 4.66. The Kier molecular flexibility index (Phi) is 4.61. The fourth-order valence-corrected chi connectivity index (χ4v) is 2.29. The monoisotopic (exact) mass is 276 g/mol. The molecule has 2 aromatic rings. The number of carbonyl (C=O) groups is 1. The highest BCUT2D eigenvalue weighted by Crippen LogP contribution is 2.12. The molecule has 0 saturated carbocycles. The molecule has 0 aliphatic carbocycles. The predicted octanol–water partition coefficient (Wildman–Crippen LogP) is 3.00. The van der Waals surface area contributed by atoms with Crippen LogP contribution < -0.4 is 5.56 Å². The van der Waals surface area contributed by atoms with Crippen molar-refractivity contribution in [1.29, 1.82) is 0 Å². The van der Waals surface area contributed by atoms with Gasteiger partial charge in [0, 0.05) is 6.54 Å². The lowest BCUT2D eigenvalue weighted by Crippen LogP contribution is -2.28. The summed E-state index contributed by atoms with van der Waals surface area (Å²) in [7, 11) is 0. The van der Waals surface area contributed by atoms with Crippen molar-refractivity contribution in [2.45, 2.75) is 39.7 Å². The lowest BCUT2D eigenvalue weighted by atomic mass is 10.2. The van der Waals surface area contributed by atoms with Crippen LogP contribution in [0, 0.1) is 0 Å². The minimum absolute atomic E-state index is 0.134. The molecule has 5 heteroatoms. The van der Waals surface area contributed by atoms with Gasteiger partial charge in [-0.05, 0) is 25.5 Å². The van der Waals surface area contributed by atoms with Crippen LogP contribution >= 0.6 is 0 Å². The van der Waals surface area contributed by atoms with Gasteiger partial charge in [-0.3, -0.25) is 4.79 Å². The van der Waals surface area contributed by atoms with Crippen molar-refractivity contribution in [3.8, 4) is 0 Å². The molecule has 0 unspecified atom stereocenters. The first-order valence-corrected chi connectivity index (χ1v) is 7.08. The van der Waals surface area contributed by atoms with Gasteiger partial charge in [-0.25, -0.2) is 9.48 Å². The predicted molar refractivity (Wildman–Crippen MR) is 78.1 cm³/mol. The zero-order chi connectivity index (χ0) is 14.5. The molecular formula is C15H20N2O3. The fourth-order valence-electron chi connectivity index (χ4n) is 2.29. The van der Waals surface area contributed by atoms with E-state index >= 15 is 0 Å². The van der Waals surface area contributed by atoms with E-state index in [9.17, 15) is 9.59 Å². The third-order valence-corrected chi connectivity index (χ3v) is 3.25. The molecule has 0 amide bonds. The third kappa shape index (κ3) is 2.61. The minimum Gasteiger partial charge on any atom is -0.448 e. The van der Waals surface area contributed by atoms with Crippen LogP contribution in [0.4, 0.5) is 4.79 Å². The normalized spacial score (nSPS) is 10.9. The number of hydrogen-bond acceptors (Lipinski definition) is 3. The average molecular weight is 276 g/mol. The van der Waals surface area contributed by atoms with Crippen molar-refractivity contribution in [2.24, 2.45) is 0 Å². The summed E-state index contributed by atoms with van der Waals surface area (Å²) in [5, 5.41) is 0.553. The number of carbonyl (C=O) groups excluding carboxylic acids is 1. The second kappa shape index (κ2) is 6.41. The van der Waals surface area contributed by atoms with Crippen molar-refractivity contribution in [3.63, 3.8) is 0 Å². The number of rotatable bonds is 5. The van der Waals surface area contributed by atoms with E-state index in [4.69, 9.17) is 4.74 Å². The summed E-state index contributed by atoms with van der Waals surface area (Å²) in [6, 6.07) is 7.12. The maximum Gasteiger partial charge on any atom is 0.433 e. The van der Waals surface area contributed by atoms with Crippen molar-refractivity contribution >= 4 is 17.0 Å². The van der Waals surface area contributed by atoms with Crippen LogP contribution in [0.2, 0.25) is 0 Å². The summed E-state index contributed by atoms with van der Waals surface area (Å²) in [5.74, 6) is 0. The molecular weight excluding hydrogens is 256 g/mol. The standard InChI is InChI=1S/C15H20N2O3/c1-3-5-8-11-16-14(18)12-9-6-7-10-13(12)17(16)15(19)20-4-2/h6-7,9-10H,3-5,8,11H2,1-2H3. The van der Waals surface area contributed by atoms with Gasteiger partial charge >= 0.3 is 6.09 Å². The third-order valence-electron chi connectivity index (χ3n) is 3.25. The van der Waals surface area contributed by atoms with E-state index in [1.807, 2.05) is 6.07 Å². The summed E-state index contributed by atoms with van der Waals surface area (Å²) in [6.07, 6.45) is 2.46. The first kappa shape index (κ1) is 14.4. The lowest BCUT2D eigenvalue weighted by molar-refractivity contribution is 0.146. The Morgan fingerprint density at radius 3 is 2.65 bits per heavy atom. The topological polar surface area (TPSA) is 53.2 Å². The van der Waals surface area contributed by atoms with Gasteiger partial charge < -0.3 is 4.74 Å². The lowest BCUT2D eigenvalue weighted by Gasteiger charge is -2.10. The van der Waals surface area contributed by atoms with Crippen molar-refractivity contribution < 1.29 is 9.53 Å². The van der Waals surface area contributed by atoms with Gasteiger partial charge in [0.2, 0.25) is 0 Å². The molecule has 1 aromatic carbocycles. The molecule has 5 nitrogen and oxygen atoms in total. The molecule has 0 atom stereocenters. The van der Waals surface area contributed by atoms with Gasteiger partial charge in [-0.1, -0.05) is 31.9 Å². The fraction of sp³-hybridized carbons (Fsp3) is 0.467. The number of benzene rings is 1. The smallest absolute Gasteiger partial charge is 0.433 e. The van der Waals surface area contributed by atoms with Gasteiger partial charge in [0.1, 0.15) is 0 Å². The SMILES string of the molecule is CCCCCn1c(=O)c2ccccc2n1C(=O)OCC. The van der Waals surface area contributed by atoms with E-state index in [0.717, 1.165) is 19.3 Å². The largest absolute Gasteiger partial charge is 0.448 e. The zero-order valence-corrected chi connectivity index (χ0v) is 12.0. The number of hydrogen-bond donors (Lipinski definition) is 0. The molecule has 1 aromatic heterocycles. The van der Waals surface area contributed by atoms with Crippen LogP contribution in [0.1, 0.15) is 33.1 Å². The number of unbranched alkanes of at least 4 members (excludes halogenated alkanes) is 2. The van der Waals surface area contributed by atoms with Crippen LogP contribution in [0.15, 0.2) is 29.1 Å². The molecule has 0 aliphatic heterocycles.